The molecule has 8 heteroatoms. The lowest BCUT2D eigenvalue weighted by molar-refractivity contribution is 0.888. The van der Waals surface area contributed by atoms with Crippen LogP contribution in [0.1, 0.15) is 17.7 Å². The zero-order valence-electron chi connectivity index (χ0n) is 39.9. The van der Waals surface area contributed by atoms with Gasteiger partial charge in [0.25, 0.3) is 0 Å². The lowest BCUT2D eigenvalue weighted by atomic mass is 10.0. The maximum atomic E-state index is 5.74. The van der Waals surface area contributed by atoms with Crippen molar-refractivity contribution in [1.29, 1.82) is 0 Å². The van der Waals surface area contributed by atoms with Crippen molar-refractivity contribution in [3.63, 3.8) is 0 Å². The van der Waals surface area contributed by atoms with E-state index in [2.05, 4.69) is 249 Å². The first-order valence-corrected chi connectivity index (χ1v) is 25.3. The number of hydrogen-bond donors (Lipinski definition) is 0. The fourth-order valence-electron chi connectivity index (χ4n) is 12.2. The number of allylic oxidation sites excluding steroid dienone is 1. The average Bonchev–Trinajstić information content (AvgIpc) is 4.21. The Hall–Kier alpha value is -9.92. The van der Waals surface area contributed by atoms with Gasteiger partial charge in [0, 0.05) is 71.5 Å². The highest BCUT2D eigenvalue weighted by Crippen LogP contribution is 2.45. The van der Waals surface area contributed by atoms with Gasteiger partial charge in [-0.2, -0.15) is 0 Å². The van der Waals surface area contributed by atoms with E-state index in [9.17, 15) is 0 Å². The molecular formula is C66H42N8. The molecule has 0 saturated heterocycles. The van der Waals surface area contributed by atoms with Crippen LogP contribution in [-0.2, 0) is 6.42 Å². The molecule has 15 aromatic rings. The smallest absolute Gasteiger partial charge is 0.236 e. The molecule has 74 heavy (non-hydrogen) atoms. The molecule has 6 aromatic heterocycles. The molecule has 0 amide bonds. The summed E-state index contributed by atoms with van der Waals surface area (Å²) >= 11 is 0. The van der Waals surface area contributed by atoms with Gasteiger partial charge < -0.3 is 9.13 Å². The van der Waals surface area contributed by atoms with Crippen LogP contribution in [0.5, 0.6) is 0 Å². The van der Waals surface area contributed by atoms with Crippen LogP contribution in [0, 0.1) is 0 Å². The number of para-hydroxylation sites is 5. The van der Waals surface area contributed by atoms with Crippen molar-refractivity contribution >= 4 is 93.4 Å². The second-order valence-corrected chi connectivity index (χ2v) is 19.3. The van der Waals surface area contributed by atoms with Gasteiger partial charge in [0.1, 0.15) is 22.4 Å². The Morgan fingerprint density at radius 1 is 0.324 bits per heavy atom. The summed E-state index contributed by atoms with van der Waals surface area (Å²) in [4.78, 5) is 22.9. The van der Waals surface area contributed by atoms with E-state index >= 15 is 0 Å². The fraction of sp³-hybridized carbons (Fsp3) is 0.0303. The summed E-state index contributed by atoms with van der Waals surface area (Å²) < 4.78 is 9.43. The first kappa shape index (κ1) is 40.8. The van der Waals surface area contributed by atoms with Crippen molar-refractivity contribution in [3.05, 3.63) is 236 Å². The molecule has 0 unspecified atom stereocenters. The third kappa shape index (κ3) is 5.79. The Balaban J connectivity index is 1.06. The van der Waals surface area contributed by atoms with Gasteiger partial charge in [0.05, 0.1) is 38.6 Å². The van der Waals surface area contributed by atoms with E-state index in [1.165, 1.54) is 22.0 Å². The SMILES string of the molecule is C1=Cc2c(n(-c3ccccc3)c3ccc4c5ccccc5n(-c5nc(-c6ccccc6)c6nc(-n7c8ccccc8c8ccc9c%10ccccc%10n(-c%10ccccc%10)c9c87)nc(-c7ccccc7)c6n5)c4c23)CC1. The number of fused-ring (bicyclic) bond motifs is 15. The van der Waals surface area contributed by atoms with Gasteiger partial charge in [-0.05, 0) is 61.4 Å². The van der Waals surface area contributed by atoms with Crippen LogP contribution in [0.15, 0.2) is 224 Å². The lowest BCUT2D eigenvalue weighted by Crippen LogP contribution is -2.09. The molecule has 346 valence electrons. The first-order valence-electron chi connectivity index (χ1n) is 25.3. The van der Waals surface area contributed by atoms with Gasteiger partial charge in [-0.25, -0.2) is 19.9 Å². The summed E-state index contributed by atoms with van der Waals surface area (Å²) in [5.41, 5.74) is 16.9. The molecule has 0 spiro atoms. The van der Waals surface area contributed by atoms with Crippen LogP contribution in [0.4, 0.5) is 0 Å². The van der Waals surface area contributed by atoms with Crippen LogP contribution < -0.4 is 0 Å². The van der Waals surface area contributed by atoms with Gasteiger partial charge in [0.2, 0.25) is 11.9 Å². The van der Waals surface area contributed by atoms with Crippen LogP contribution >= 0.6 is 0 Å². The first-order chi connectivity index (χ1) is 36.8. The minimum Gasteiger partial charge on any atom is -0.313 e. The predicted octanol–water partition coefficient (Wildman–Crippen LogP) is 15.9. The number of hydrogen-bond acceptors (Lipinski definition) is 4. The van der Waals surface area contributed by atoms with Gasteiger partial charge in [-0.15, -0.1) is 0 Å². The Kier molecular flexibility index (Phi) is 8.70. The van der Waals surface area contributed by atoms with Crippen molar-refractivity contribution in [2.24, 2.45) is 0 Å². The van der Waals surface area contributed by atoms with Crippen molar-refractivity contribution in [3.8, 4) is 45.8 Å². The molecule has 0 radical (unpaired) electrons. The largest absolute Gasteiger partial charge is 0.313 e. The highest BCUT2D eigenvalue weighted by Gasteiger charge is 2.28. The summed E-state index contributed by atoms with van der Waals surface area (Å²) in [6.45, 7) is 0. The van der Waals surface area contributed by atoms with Crippen LogP contribution in [-0.4, -0.2) is 38.2 Å². The van der Waals surface area contributed by atoms with Crippen molar-refractivity contribution in [2.45, 2.75) is 12.8 Å². The highest BCUT2D eigenvalue weighted by molar-refractivity contribution is 6.24. The second kappa shape index (κ2) is 15.8. The Morgan fingerprint density at radius 3 is 1.28 bits per heavy atom. The van der Waals surface area contributed by atoms with E-state index in [0.29, 0.717) is 22.9 Å². The van der Waals surface area contributed by atoms with Crippen LogP contribution in [0.3, 0.4) is 0 Å². The van der Waals surface area contributed by atoms with E-state index in [-0.39, 0.29) is 0 Å². The molecule has 6 heterocycles. The van der Waals surface area contributed by atoms with Crippen LogP contribution in [0.2, 0.25) is 0 Å². The van der Waals surface area contributed by atoms with Gasteiger partial charge >= 0.3 is 0 Å². The molecule has 0 fully saturated rings. The minimum atomic E-state index is 0.535. The number of nitrogens with zero attached hydrogens (tertiary/aromatic N) is 8. The van der Waals surface area contributed by atoms with Gasteiger partial charge in [-0.1, -0.05) is 182 Å². The molecule has 16 rings (SSSR count). The third-order valence-electron chi connectivity index (χ3n) is 15.3. The van der Waals surface area contributed by atoms with E-state index in [0.717, 1.165) is 112 Å². The molecule has 9 aromatic carbocycles. The molecule has 8 nitrogen and oxygen atoms in total. The van der Waals surface area contributed by atoms with Gasteiger partial charge in [-0.3, -0.25) is 9.13 Å². The third-order valence-corrected chi connectivity index (χ3v) is 15.3. The number of rotatable bonds is 6. The molecular weight excluding hydrogens is 905 g/mol. The maximum Gasteiger partial charge on any atom is 0.236 e. The molecule has 0 atom stereocenters. The molecule has 0 saturated carbocycles. The number of aromatic nitrogens is 8. The minimum absolute atomic E-state index is 0.535. The van der Waals surface area contributed by atoms with Crippen molar-refractivity contribution in [2.75, 3.05) is 0 Å². The molecule has 0 aliphatic heterocycles. The normalized spacial score (nSPS) is 12.7. The summed E-state index contributed by atoms with van der Waals surface area (Å²) in [7, 11) is 0. The quantitative estimate of drug-likeness (QED) is 0.166. The summed E-state index contributed by atoms with van der Waals surface area (Å²) in [6, 6.07) is 77.4. The molecule has 1 aliphatic rings. The van der Waals surface area contributed by atoms with E-state index < -0.39 is 0 Å². The van der Waals surface area contributed by atoms with E-state index in [1.807, 2.05) is 0 Å². The standard InChI is InChI=1S/C66H42N8/c1-5-21-41(22-6-1)58-61-60(69-65(67-58)73-53-34-18-14-29-45(53)48-39-40-56-57(62(48)73)51-32-16-20-36-55(51)71(56)43-25-9-3-10-26-43)59(42-23-7-2-8-24-42)68-66(70-61)74-54-35-19-15-31-47(54)50-38-37-49-46-30-13-17-33-52(46)72(63(49)64(50)74)44-27-11-4-12-28-44/h1-19,21-35,37-40H,20,36H2. The Morgan fingerprint density at radius 2 is 0.743 bits per heavy atom. The molecule has 0 N–H and O–H groups in total. The van der Waals surface area contributed by atoms with E-state index in [4.69, 9.17) is 19.9 Å². The predicted molar refractivity (Wildman–Crippen MR) is 303 cm³/mol. The Labute approximate surface area is 424 Å². The van der Waals surface area contributed by atoms with Crippen molar-refractivity contribution in [1.82, 2.24) is 38.2 Å². The van der Waals surface area contributed by atoms with Crippen molar-refractivity contribution < 1.29 is 0 Å². The summed E-state index contributed by atoms with van der Waals surface area (Å²) in [6.07, 6.45) is 6.56. The monoisotopic (exact) mass is 946 g/mol. The maximum absolute atomic E-state index is 5.74. The Bertz CT molecular complexity index is 4810. The van der Waals surface area contributed by atoms with Crippen LogP contribution in [0.25, 0.3) is 139 Å². The molecule has 1 aliphatic carbocycles. The summed E-state index contributed by atoms with van der Waals surface area (Å²) in [5, 5.41) is 8.02. The molecule has 0 bridgehead atoms. The average molecular weight is 947 g/mol. The van der Waals surface area contributed by atoms with E-state index in [1.54, 1.807) is 0 Å². The zero-order chi connectivity index (χ0) is 48.4. The van der Waals surface area contributed by atoms with Gasteiger partial charge in [0.15, 0.2) is 0 Å². The lowest BCUT2D eigenvalue weighted by Gasteiger charge is -2.16. The topological polar surface area (TPSA) is 71.3 Å². The number of benzene rings is 9. The fourth-order valence-corrected chi connectivity index (χ4v) is 12.2. The summed E-state index contributed by atoms with van der Waals surface area (Å²) in [5.74, 6) is 1.09. The highest BCUT2D eigenvalue weighted by atomic mass is 15.2. The zero-order valence-corrected chi connectivity index (χ0v) is 39.9. The second-order valence-electron chi connectivity index (χ2n) is 19.3.